The molecule has 3 aromatic rings. The molecule has 8 heteroatoms. The fourth-order valence-corrected chi connectivity index (χ4v) is 3.55. The summed E-state index contributed by atoms with van der Waals surface area (Å²) in [6.07, 6.45) is 0.287. The fraction of sp³-hybridized carbons (Fsp3) is 0.318. The Hall–Kier alpha value is -3.42. The van der Waals surface area contributed by atoms with Crippen molar-refractivity contribution < 1.29 is 23.2 Å². The fourth-order valence-electron chi connectivity index (χ4n) is 3.55. The number of carbonyl (C=O) groups is 1. The predicted molar refractivity (Wildman–Crippen MR) is 107 cm³/mol. The summed E-state index contributed by atoms with van der Waals surface area (Å²) in [5.74, 6) is 0.873. The Morgan fingerprint density at radius 3 is 2.83 bits per heavy atom. The summed E-state index contributed by atoms with van der Waals surface area (Å²) in [6, 6.07) is 12.2. The van der Waals surface area contributed by atoms with Crippen molar-refractivity contribution in [2.45, 2.75) is 25.8 Å². The molecule has 2 aromatic carbocycles. The van der Waals surface area contributed by atoms with Gasteiger partial charge in [0.15, 0.2) is 11.6 Å². The van der Waals surface area contributed by atoms with Gasteiger partial charge in [-0.05, 0) is 31.2 Å². The van der Waals surface area contributed by atoms with Gasteiger partial charge in [0, 0.05) is 30.6 Å². The summed E-state index contributed by atoms with van der Waals surface area (Å²) in [6.45, 7) is 3.41. The van der Waals surface area contributed by atoms with Gasteiger partial charge in [0.05, 0.1) is 19.6 Å². The van der Waals surface area contributed by atoms with Gasteiger partial charge in [-0.2, -0.15) is 4.98 Å². The first kappa shape index (κ1) is 19.9. The Morgan fingerprint density at radius 1 is 1.23 bits per heavy atom. The Kier molecular flexibility index (Phi) is 5.65. The molecule has 1 atom stereocenters. The van der Waals surface area contributed by atoms with E-state index in [4.69, 9.17) is 14.0 Å². The first-order valence-electron chi connectivity index (χ1n) is 9.75. The van der Waals surface area contributed by atoms with Crippen LogP contribution in [0.15, 0.2) is 47.0 Å². The lowest BCUT2D eigenvalue weighted by Gasteiger charge is -2.18. The molecule has 1 aliphatic rings. The zero-order chi connectivity index (χ0) is 21.1. The van der Waals surface area contributed by atoms with Crippen molar-refractivity contribution in [3.8, 4) is 22.9 Å². The number of benzene rings is 2. The lowest BCUT2D eigenvalue weighted by atomic mass is 10.1. The van der Waals surface area contributed by atoms with E-state index in [9.17, 15) is 9.18 Å². The quantitative estimate of drug-likeness (QED) is 0.589. The molecule has 1 aromatic heterocycles. The van der Waals surface area contributed by atoms with Gasteiger partial charge in [0.25, 0.3) is 0 Å². The Bertz CT molecular complexity index is 1050. The molecule has 0 aliphatic carbocycles. The molecule has 0 spiro atoms. The minimum Gasteiger partial charge on any atom is -0.494 e. The van der Waals surface area contributed by atoms with Crippen molar-refractivity contribution in [1.82, 2.24) is 15.0 Å². The monoisotopic (exact) mass is 411 g/mol. The van der Waals surface area contributed by atoms with E-state index in [1.54, 1.807) is 11.0 Å². The Labute approximate surface area is 173 Å². The van der Waals surface area contributed by atoms with Gasteiger partial charge in [-0.25, -0.2) is 4.39 Å². The lowest BCUT2D eigenvalue weighted by molar-refractivity contribution is -0.128. The number of methoxy groups -OCH3 is 1. The standard InChI is InChI=1S/C22H22FN3O4/c1-3-29-18-7-5-4-6-15(18)12-26-13-16(11-20(26)27)22-24-21(25-30-22)14-8-9-19(28-2)17(23)10-14/h4-10,16H,3,11-13H2,1-2H3. The van der Waals surface area contributed by atoms with Crippen LogP contribution in [0.5, 0.6) is 11.5 Å². The maximum atomic E-state index is 14.0. The molecular weight excluding hydrogens is 389 g/mol. The van der Waals surface area contributed by atoms with E-state index in [0.29, 0.717) is 31.2 Å². The van der Waals surface area contributed by atoms with Crippen LogP contribution < -0.4 is 9.47 Å². The molecule has 7 nitrogen and oxygen atoms in total. The van der Waals surface area contributed by atoms with Crippen LogP contribution in [-0.2, 0) is 11.3 Å². The summed E-state index contributed by atoms with van der Waals surface area (Å²) in [7, 11) is 1.40. The number of likely N-dealkylation sites (tertiary alicyclic amines) is 1. The molecule has 0 bridgehead atoms. The number of para-hydroxylation sites is 1. The van der Waals surface area contributed by atoms with Crippen molar-refractivity contribution in [3.63, 3.8) is 0 Å². The van der Waals surface area contributed by atoms with E-state index in [-0.39, 0.29) is 29.8 Å². The number of hydrogen-bond acceptors (Lipinski definition) is 6. The SMILES string of the molecule is CCOc1ccccc1CN1CC(c2nc(-c3ccc(OC)c(F)c3)no2)CC1=O. The number of aromatic nitrogens is 2. The van der Waals surface area contributed by atoms with Gasteiger partial charge >= 0.3 is 0 Å². The number of rotatable bonds is 7. The molecule has 0 radical (unpaired) electrons. The van der Waals surface area contributed by atoms with Crippen molar-refractivity contribution >= 4 is 5.91 Å². The smallest absolute Gasteiger partial charge is 0.232 e. The molecule has 2 heterocycles. The van der Waals surface area contributed by atoms with Crippen LogP contribution in [-0.4, -0.2) is 41.2 Å². The maximum absolute atomic E-state index is 14.0. The number of amides is 1. The number of hydrogen-bond donors (Lipinski definition) is 0. The molecule has 1 fully saturated rings. The number of halogens is 1. The average Bonchev–Trinajstić information content (AvgIpc) is 3.37. The average molecular weight is 411 g/mol. The molecule has 1 aliphatic heterocycles. The molecule has 156 valence electrons. The first-order valence-corrected chi connectivity index (χ1v) is 9.75. The maximum Gasteiger partial charge on any atom is 0.232 e. The lowest BCUT2D eigenvalue weighted by Crippen LogP contribution is -2.24. The highest BCUT2D eigenvalue weighted by atomic mass is 19.1. The van der Waals surface area contributed by atoms with Crippen molar-refractivity contribution in [2.75, 3.05) is 20.3 Å². The van der Waals surface area contributed by atoms with E-state index in [1.807, 2.05) is 31.2 Å². The van der Waals surface area contributed by atoms with E-state index in [2.05, 4.69) is 10.1 Å². The molecule has 0 saturated carbocycles. The molecule has 1 saturated heterocycles. The van der Waals surface area contributed by atoms with Gasteiger partial charge in [0.2, 0.25) is 17.6 Å². The third-order valence-corrected chi connectivity index (χ3v) is 5.05. The Morgan fingerprint density at radius 2 is 2.07 bits per heavy atom. The molecule has 1 unspecified atom stereocenters. The van der Waals surface area contributed by atoms with E-state index in [0.717, 1.165) is 11.3 Å². The second-order valence-corrected chi connectivity index (χ2v) is 7.02. The van der Waals surface area contributed by atoms with Gasteiger partial charge in [-0.1, -0.05) is 23.4 Å². The summed E-state index contributed by atoms with van der Waals surface area (Å²) < 4.78 is 29.9. The number of nitrogens with zero attached hydrogens (tertiary/aromatic N) is 3. The minimum absolute atomic E-state index is 0.0153. The highest BCUT2D eigenvalue weighted by Gasteiger charge is 2.34. The summed E-state index contributed by atoms with van der Waals surface area (Å²) in [4.78, 5) is 18.7. The van der Waals surface area contributed by atoms with Crippen LogP contribution in [0.4, 0.5) is 4.39 Å². The van der Waals surface area contributed by atoms with Crippen molar-refractivity contribution in [3.05, 3.63) is 59.7 Å². The Balaban J connectivity index is 1.48. The van der Waals surface area contributed by atoms with Gasteiger partial charge in [-0.3, -0.25) is 4.79 Å². The first-order chi connectivity index (χ1) is 14.6. The van der Waals surface area contributed by atoms with Crippen LogP contribution in [0.3, 0.4) is 0 Å². The van der Waals surface area contributed by atoms with E-state index in [1.165, 1.54) is 19.2 Å². The third kappa shape index (κ3) is 3.98. The van der Waals surface area contributed by atoms with Crippen LogP contribution in [0, 0.1) is 5.82 Å². The van der Waals surface area contributed by atoms with Gasteiger partial charge < -0.3 is 18.9 Å². The van der Waals surface area contributed by atoms with Crippen LogP contribution >= 0.6 is 0 Å². The summed E-state index contributed by atoms with van der Waals surface area (Å²) in [5.41, 5.74) is 1.43. The number of carbonyl (C=O) groups excluding carboxylic acids is 1. The second kappa shape index (κ2) is 8.52. The molecule has 4 rings (SSSR count). The predicted octanol–water partition coefficient (Wildman–Crippen LogP) is 3.80. The van der Waals surface area contributed by atoms with Crippen molar-refractivity contribution in [1.29, 1.82) is 0 Å². The van der Waals surface area contributed by atoms with Crippen molar-refractivity contribution in [2.24, 2.45) is 0 Å². The topological polar surface area (TPSA) is 77.7 Å². The van der Waals surface area contributed by atoms with E-state index >= 15 is 0 Å². The summed E-state index contributed by atoms with van der Waals surface area (Å²) >= 11 is 0. The zero-order valence-corrected chi connectivity index (χ0v) is 16.8. The van der Waals surface area contributed by atoms with Crippen LogP contribution in [0.2, 0.25) is 0 Å². The van der Waals surface area contributed by atoms with E-state index < -0.39 is 5.82 Å². The van der Waals surface area contributed by atoms with Crippen LogP contribution in [0.1, 0.15) is 30.7 Å². The molecule has 0 N–H and O–H groups in total. The molecule has 30 heavy (non-hydrogen) atoms. The highest BCUT2D eigenvalue weighted by molar-refractivity contribution is 5.79. The van der Waals surface area contributed by atoms with Gasteiger partial charge in [-0.15, -0.1) is 0 Å². The third-order valence-electron chi connectivity index (χ3n) is 5.05. The number of ether oxygens (including phenoxy) is 2. The molecule has 1 amide bonds. The molecular formula is C22H22FN3O4. The highest BCUT2D eigenvalue weighted by Crippen LogP contribution is 2.31. The van der Waals surface area contributed by atoms with Crippen LogP contribution in [0.25, 0.3) is 11.4 Å². The second-order valence-electron chi connectivity index (χ2n) is 7.02. The normalized spacial score (nSPS) is 16.2. The summed E-state index contributed by atoms with van der Waals surface area (Å²) in [5, 5.41) is 3.96. The minimum atomic E-state index is -0.503. The van der Waals surface area contributed by atoms with Gasteiger partial charge in [0.1, 0.15) is 5.75 Å². The largest absolute Gasteiger partial charge is 0.494 e. The zero-order valence-electron chi connectivity index (χ0n) is 16.8.